The Morgan fingerprint density at radius 2 is 2.00 bits per heavy atom. The third-order valence-electron chi connectivity index (χ3n) is 3.11. The van der Waals surface area contributed by atoms with Crippen molar-refractivity contribution in [3.8, 4) is 0 Å². The molecule has 0 bridgehead atoms. The number of nitrogens with one attached hydrogen (secondary N) is 1. The molecule has 1 aromatic rings. The van der Waals surface area contributed by atoms with Gasteiger partial charge in [-0.25, -0.2) is 4.39 Å². The fourth-order valence-corrected chi connectivity index (χ4v) is 2.90. The van der Waals surface area contributed by atoms with Crippen molar-refractivity contribution in [2.75, 3.05) is 18.0 Å². The third-order valence-corrected chi connectivity index (χ3v) is 3.94. The van der Waals surface area contributed by atoms with Crippen LogP contribution in [0.15, 0.2) is 12.1 Å². The standard InChI is InChI=1S/C12H15FIN3O2/c1-7-5-16(6-8(2)15-7)11-3-9(13)10(14)4-12(11)17(18)19/h3-4,7-8,15H,5-6H2,1-2H3. The summed E-state index contributed by atoms with van der Waals surface area (Å²) in [5.74, 6) is -0.417. The van der Waals surface area contributed by atoms with E-state index in [1.165, 1.54) is 12.1 Å². The highest BCUT2D eigenvalue weighted by molar-refractivity contribution is 14.1. The van der Waals surface area contributed by atoms with Crippen LogP contribution >= 0.6 is 22.6 Å². The monoisotopic (exact) mass is 379 g/mol. The lowest BCUT2D eigenvalue weighted by Gasteiger charge is -2.37. The number of hydrogen-bond acceptors (Lipinski definition) is 4. The molecule has 1 aromatic carbocycles. The molecule has 0 aliphatic carbocycles. The van der Waals surface area contributed by atoms with E-state index in [2.05, 4.69) is 5.32 Å². The van der Waals surface area contributed by atoms with Crippen LogP contribution in [0, 0.1) is 19.5 Å². The summed E-state index contributed by atoms with van der Waals surface area (Å²) in [7, 11) is 0. The lowest BCUT2D eigenvalue weighted by atomic mass is 10.1. The van der Waals surface area contributed by atoms with E-state index in [9.17, 15) is 14.5 Å². The molecule has 1 aliphatic rings. The van der Waals surface area contributed by atoms with E-state index in [0.717, 1.165) is 0 Å². The Morgan fingerprint density at radius 3 is 2.53 bits per heavy atom. The van der Waals surface area contributed by atoms with E-state index in [4.69, 9.17) is 0 Å². The third kappa shape index (κ3) is 3.14. The van der Waals surface area contributed by atoms with Crippen molar-refractivity contribution < 1.29 is 9.31 Å². The highest BCUT2D eigenvalue weighted by atomic mass is 127. The van der Waals surface area contributed by atoms with Gasteiger partial charge in [-0.15, -0.1) is 0 Å². The molecule has 1 N–H and O–H groups in total. The van der Waals surface area contributed by atoms with Gasteiger partial charge in [0, 0.05) is 37.3 Å². The summed E-state index contributed by atoms with van der Waals surface area (Å²) in [4.78, 5) is 12.6. The van der Waals surface area contributed by atoms with Crippen molar-refractivity contribution >= 4 is 34.0 Å². The van der Waals surface area contributed by atoms with Crippen LogP contribution in [0.2, 0.25) is 0 Å². The Morgan fingerprint density at radius 1 is 1.42 bits per heavy atom. The quantitative estimate of drug-likeness (QED) is 0.488. The first kappa shape index (κ1) is 14.4. The average molecular weight is 379 g/mol. The Hall–Kier alpha value is -0.960. The van der Waals surface area contributed by atoms with Gasteiger partial charge in [0.25, 0.3) is 5.69 Å². The Bertz CT molecular complexity index is 502. The lowest BCUT2D eigenvalue weighted by Crippen LogP contribution is -2.54. The molecule has 104 valence electrons. The predicted octanol–water partition coefficient (Wildman–Crippen LogP) is 2.53. The van der Waals surface area contributed by atoms with Crippen LogP contribution < -0.4 is 10.2 Å². The van der Waals surface area contributed by atoms with Crippen molar-refractivity contribution in [2.45, 2.75) is 25.9 Å². The summed E-state index contributed by atoms with van der Waals surface area (Å²) >= 11 is 1.77. The topological polar surface area (TPSA) is 58.4 Å². The molecular formula is C12H15FIN3O2. The lowest BCUT2D eigenvalue weighted by molar-refractivity contribution is -0.384. The van der Waals surface area contributed by atoms with Crippen molar-refractivity contribution in [2.24, 2.45) is 0 Å². The molecule has 7 heteroatoms. The summed E-state index contributed by atoms with van der Waals surface area (Å²) in [6, 6.07) is 2.99. The number of nitro groups is 1. The number of nitrogens with zero attached hydrogens (tertiary/aromatic N) is 2. The number of benzene rings is 1. The van der Waals surface area contributed by atoms with Gasteiger partial charge in [-0.1, -0.05) is 0 Å². The van der Waals surface area contributed by atoms with Crippen molar-refractivity contribution in [3.63, 3.8) is 0 Å². The van der Waals surface area contributed by atoms with E-state index < -0.39 is 10.7 Å². The maximum atomic E-state index is 13.7. The van der Waals surface area contributed by atoms with E-state index >= 15 is 0 Å². The Labute approximate surface area is 124 Å². The van der Waals surface area contributed by atoms with Crippen LogP contribution in [0.25, 0.3) is 0 Å². The fraction of sp³-hybridized carbons (Fsp3) is 0.500. The first-order valence-electron chi connectivity index (χ1n) is 6.03. The number of hydrogen-bond donors (Lipinski definition) is 1. The van der Waals surface area contributed by atoms with Crippen molar-refractivity contribution in [1.82, 2.24) is 5.32 Å². The fourth-order valence-electron chi connectivity index (χ4n) is 2.45. The number of piperazine rings is 1. The van der Waals surface area contributed by atoms with Gasteiger partial charge in [-0.3, -0.25) is 10.1 Å². The van der Waals surface area contributed by atoms with Crippen molar-refractivity contribution in [3.05, 3.63) is 31.6 Å². The van der Waals surface area contributed by atoms with Crippen LogP contribution in [0.5, 0.6) is 0 Å². The molecule has 2 atom stereocenters. The minimum absolute atomic E-state index is 0.0351. The smallest absolute Gasteiger partial charge is 0.293 e. The molecule has 1 heterocycles. The summed E-state index contributed by atoms with van der Waals surface area (Å²) < 4.78 is 14.0. The highest BCUT2D eigenvalue weighted by Gasteiger charge is 2.27. The second-order valence-electron chi connectivity index (χ2n) is 4.89. The summed E-state index contributed by atoms with van der Waals surface area (Å²) in [5.41, 5.74) is 0.329. The maximum Gasteiger partial charge on any atom is 0.293 e. The highest BCUT2D eigenvalue weighted by Crippen LogP contribution is 2.32. The van der Waals surface area contributed by atoms with Gasteiger partial charge in [0.15, 0.2) is 0 Å². The Balaban J connectivity index is 2.42. The second-order valence-corrected chi connectivity index (χ2v) is 6.05. The number of halogens is 2. The molecule has 2 unspecified atom stereocenters. The van der Waals surface area contributed by atoms with Gasteiger partial charge in [0.2, 0.25) is 0 Å². The average Bonchev–Trinajstić information content (AvgIpc) is 2.30. The van der Waals surface area contributed by atoms with Gasteiger partial charge in [0.1, 0.15) is 11.5 Å². The van der Waals surface area contributed by atoms with E-state index in [1.54, 1.807) is 22.6 Å². The molecule has 0 aromatic heterocycles. The van der Waals surface area contributed by atoms with Gasteiger partial charge >= 0.3 is 0 Å². The predicted molar refractivity (Wildman–Crippen MR) is 80.0 cm³/mol. The second kappa shape index (κ2) is 5.58. The maximum absolute atomic E-state index is 13.7. The summed E-state index contributed by atoms with van der Waals surface area (Å²) in [6.07, 6.45) is 0. The molecule has 1 saturated heterocycles. The van der Waals surface area contributed by atoms with Crippen LogP contribution in [-0.4, -0.2) is 30.1 Å². The van der Waals surface area contributed by atoms with Crippen molar-refractivity contribution in [1.29, 1.82) is 0 Å². The Kier molecular flexibility index (Phi) is 4.24. The molecular weight excluding hydrogens is 364 g/mol. The zero-order chi connectivity index (χ0) is 14.2. The molecule has 1 aliphatic heterocycles. The minimum Gasteiger partial charge on any atom is -0.363 e. The summed E-state index contributed by atoms with van der Waals surface area (Å²) in [5, 5.41) is 14.5. The van der Waals surface area contributed by atoms with Crippen LogP contribution in [0.4, 0.5) is 15.8 Å². The van der Waals surface area contributed by atoms with E-state index in [-0.39, 0.29) is 21.3 Å². The molecule has 0 radical (unpaired) electrons. The zero-order valence-corrected chi connectivity index (χ0v) is 12.8. The van der Waals surface area contributed by atoms with E-state index in [1.807, 2.05) is 18.7 Å². The van der Waals surface area contributed by atoms with Crippen LogP contribution in [-0.2, 0) is 0 Å². The molecule has 19 heavy (non-hydrogen) atoms. The first-order chi connectivity index (χ1) is 8.88. The molecule has 0 spiro atoms. The number of rotatable bonds is 2. The molecule has 1 fully saturated rings. The molecule has 0 amide bonds. The number of nitro benzene ring substituents is 1. The SMILES string of the molecule is CC1CN(c2cc(F)c(I)cc2[N+](=O)[O-])CC(C)N1. The normalized spacial score (nSPS) is 23.5. The largest absolute Gasteiger partial charge is 0.363 e. The zero-order valence-electron chi connectivity index (χ0n) is 10.7. The van der Waals surface area contributed by atoms with Crippen LogP contribution in [0.1, 0.15) is 13.8 Å². The molecule has 0 saturated carbocycles. The summed E-state index contributed by atoms with van der Waals surface area (Å²) in [6.45, 7) is 5.28. The number of anilines is 1. The minimum atomic E-state index is -0.450. The van der Waals surface area contributed by atoms with Gasteiger partial charge < -0.3 is 10.2 Å². The van der Waals surface area contributed by atoms with E-state index in [0.29, 0.717) is 18.8 Å². The van der Waals surface area contributed by atoms with Gasteiger partial charge in [-0.05, 0) is 36.4 Å². The molecule has 5 nitrogen and oxygen atoms in total. The first-order valence-corrected chi connectivity index (χ1v) is 7.10. The van der Waals surface area contributed by atoms with Gasteiger partial charge in [-0.2, -0.15) is 0 Å². The molecule has 2 rings (SSSR count). The van der Waals surface area contributed by atoms with Crippen LogP contribution in [0.3, 0.4) is 0 Å². The van der Waals surface area contributed by atoms with Gasteiger partial charge in [0.05, 0.1) is 8.49 Å².